The summed E-state index contributed by atoms with van der Waals surface area (Å²) < 4.78 is 10.9. The number of hydrogen-bond donors (Lipinski definition) is 6. The Hall–Kier alpha value is -0.260. The van der Waals surface area contributed by atoms with E-state index in [-0.39, 0.29) is 12.2 Å². The van der Waals surface area contributed by atoms with E-state index in [1.165, 1.54) is 6.42 Å². The van der Waals surface area contributed by atoms with E-state index in [4.69, 9.17) is 38.8 Å². The zero-order valence-corrected chi connectivity index (χ0v) is 22.5. The van der Waals surface area contributed by atoms with Crippen molar-refractivity contribution in [1.82, 2.24) is 9.97 Å². The third kappa shape index (κ3) is 50.9. The zero-order valence-electron chi connectivity index (χ0n) is 19.0. The molecule has 0 radical (unpaired) electrons. The summed E-state index contributed by atoms with van der Waals surface area (Å²) in [6.45, 7) is 10.3. The second-order valence-electron chi connectivity index (χ2n) is 5.70. The highest BCUT2D eigenvalue weighted by molar-refractivity contribution is 8.06. The molecule has 0 fully saturated rings. The molecule has 10 nitrogen and oxygen atoms in total. The van der Waals surface area contributed by atoms with Crippen molar-refractivity contribution in [2.45, 2.75) is 80.9 Å². The molecule has 0 spiro atoms. The second-order valence-corrected chi connectivity index (χ2v) is 10.7. The Morgan fingerprint density at radius 1 is 0.833 bits per heavy atom. The molecule has 1 heterocycles. The fourth-order valence-corrected chi connectivity index (χ4v) is 1.08. The van der Waals surface area contributed by atoms with Gasteiger partial charge in [0.25, 0.3) is 0 Å². The van der Waals surface area contributed by atoms with Crippen LogP contribution in [0.3, 0.4) is 0 Å². The normalized spacial score (nSPS) is 10.2. The maximum absolute atomic E-state index is 7.56. The number of rotatable bonds is 4. The predicted molar refractivity (Wildman–Crippen MR) is 127 cm³/mol. The zero-order chi connectivity index (χ0) is 25.1. The van der Waals surface area contributed by atoms with E-state index in [1.54, 1.807) is 6.07 Å². The number of ether oxygens (including phenoxy) is 2. The molecule has 0 unspecified atom stereocenters. The van der Waals surface area contributed by atoms with Crippen LogP contribution in [0.5, 0.6) is 11.9 Å². The summed E-state index contributed by atoms with van der Waals surface area (Å²) in [6.07, 6.45) is 1.42. The van der Waals surface area contributed by atoms with Crippen molar-refractivity contribution < 1.29 is 38.8 Å². The van der Waals surface area contributed by atoms with E-state index < -0.39 is 13.4 Å². The topological polar surface area (TPSA) is 166 Å². The Bertz CT molecular complexity index is 560. The van der Waals surface area contributed by atoms with Crippen molar-refractivity contribution in [2.24, 2.45) is 0 Å². The maximum atomic E-state index is 7.56. The first kappa shape index (κ1) is 37.1. The first-order valence-electron chi connectivity index (χ1n) is 9.14. The van der Waals surface area contributed by atoms with Gasteiger partial charge in [-0.3, -0.25) is 0 Å². The molecule has 0 aliphatic rings. The molecule has 14 heteroatoms. The highest BCUT2D eigenvalue weighted by atomic mass is 32.5. The molecule has 0 atom stereocenters. The number of aromatic nitrogens is 2. The third-order valence-corrected chi connectivity index (χ3v) is 1.51. The Balaban J connectivity index is -0.000000186. The Labute approximate surface area is 190 Å². The number of nitrogens with zero attached hydrogens (tertiary/aromatic N) is 2. The van der Waals surface area contributed by atoms with Crippen LogP contribution in [0.25, 0.3) is 0 Å². The van der Waals surface area contributed by atoms with Crippen LogP contribution in [-0.4, -0.2) is 51.5 Å². The molecule has 182 valence electrons. The van der Waals surface area contributed by atoms with Gasteiger partial charge in [0, 0.05) is 11.8 Å². The summed E-state index contributed by atoms with van der Waals surface area (Å²) >= 11 is 7.21. The standard InChI is InChI=1S/C11H18N2O2.C3H8.C2H6.2H3O3PS/c1-7(2)14-10-6-9(5)12-11(13-10)15-8(3)4;1-3-2;1-2;2*1-4(2,3)5/h6-8H,1-5H3;3H2,1-2H3;1-2H3;2*(H3,1,2,3,5). The molecular formula is C16H38N2O8P2S2. The van der Waals surface area contributed by atoms with Gasteiger partial charge in [0.1, 0.15) is 0 Å². The first-order valence-corrected chi connectivity index (χ1v) is 14.5. The predicted octanol–water partition coefficient (Wildman–Crippen LogP) is 3.18. The molecule has 0 aliphatic heterocycles. The molecule has 0 bridgehead atoms. The Kier molecular flexibility index (Phi) is 25.5. The SMILES string of the molecule is CC.CCC.Cc1cc(OC(C)C)nc(OC(C)C)n1.OP(O)(O)=S.OP(O)(O)=S. The van der Waals surface area contributed by atoms with Gasteiger partial charge >= 0.3 is 19.4 Å². The molecule has 1 aromatic rings. The summed E-state index contributed by atoms with van der Waals surface area (Å²) in [5.74, 6) is 0.563. The van der Waals surface area contributed by atoms with Crippen molar-refractivity contribution in [1.29, 1.82) is 0 Å². The van der Waals surface area contributed by atoms with Gasteiger partial charge in [0.15, 0.2) is 0 Å². The average Bonchev–Trinajstić information content (AvgIpc) is 2.44. The molecule has 6 N–H and O–H groups in total. The van der Waals surface area contributed by atoms with E-state index in [0.717, 1.165) is 5.69 Å². The van der Waals surface area contributed by atoms with Crippen LogP contribution in [-0.2, 0) is 23.6 Å². The lowest BCUT2D eigenvalue weighted by Crippen LogP contribution is -2.11. The Morgan fingerprint density at radius 2 is 1.13 bits per heavy atom. The lowest BCUT2D eigenvalue weighted by atomic mass is 10.4. The van der Waals surface area contributed by atoms with Crippen molar-refractivity contribution >= 4 is 37.1 Å². The maximum Gasteiger partial charge on any atom is 0.320 e. The summed E-state index contributed by atoms with van der Waals surface area (Å²) in [7, 11) is 0. The molecule has 0 amide bonds. The van der Waals surface area contributed by atoms with Gasteiger partial charge in [-0.05, 0) is 58.2 Å². The van der Waals surface area contributed by atoms with Crippen LogP contribution in [0.1, 0.15) is 67.5 Å². The fraction of sp³-hybridized carbons (Fsp3) is 0.750. The van der Waals surface area contributed by atoms with Crippen LogP contribution in [0.4, 0.5) is 0 Å². The van der Waals surface area contributed by atoms with Gasteiger partial charge in [-0.1, -0.05) is 34.1 Å². The van der Waals surface area contributed by atoms with Gasteiger partial charge in [0.2, 0.25) is 5.88 Å². The van der Waals surface area contributed by atoms with Gasteiger partial charge in [0.05, 0.1) is 12.2 Å². The van der Waals surface area contributed by atoms with Crippen molar-refractivity contribution in [2.75, 3.05) is 0 Å². The van der Waals surface area contributed by atoms with Crippen molar-refractivity contribution in [3.8, 4) is 11.9 Å². The summed E-state index contributed by atoms with van der Waals surface area (Å²) in [5, 5.41) is 0. The molecule has 1 aromatic heterocycles. The number of aryl methyl sites for hydroxylation is 1. The van der Waals surface area contributed by atoms with Gasteiger partial charge in [-0.2, -0.15) is 4.98 Å². The highest BCUT2D eigenvalue weighted by Crippen LogP contribution is 2.27. The lowest BCUT2D eigenvalue weighted by molar-refractivity contribution is 0.203. The fourth-order valence-electron chi connectivity index (χ4n) is 1.08. The molecule has 0 saturated carbocycles. The van der Waals surface area contributed by atoms with Crippen LogP contribution < -0.4 is 9.47 Å². The van der Waals surface area contributed by atoms with Gasteiger partial charge in [-0.15, -0.1) is 0 Å². The minimum atomic E-state index is -3.81. The van der Waals surface area contributed by atoms with E-state index in [1.807, 2.05) is 48.5 Å². The largest absolute Gasteiger partial charge is 0.475 e. The minimum absolute atomic E-state index is 0.0682. The first-order chi connectivity index (χ1) is 13.4. The molecule has 30 heavy (non-hydrogen) atoms. The summed E-state index contributed by atoms with van der Waals surface area (Å²) in [6, 6.07) is 2.17. The molecule has 0 saturated heterocycles. The smallest absolute Gasteiger partial charge is 0.320 e. The summed E-state index contributed by atoms with van der Waals surface area (Å²) in [4.78, 5) is 53.7. The van der Waals surface area contributed by atoms with E-state index in [2.05, 4.69) is 47.4 Å². The van der Waals surface area contributed by atoms with E-state index in [9.17, 15) is 0 Å². The third-order valence-electron chi connectivity index (χ3n) is 1.51. The second kappa shape index (κ2) is 20.6. The Morgan fingerprint density at radius 3 is 1.40 bits per heavy atom. The lowest BCUT2D eigenvalue weighted by Gasteiger charge is -2.12. The highest BCUT2D eigenvalue weighted by Gasteiger charge is 2.07. The quantitative estimate of drug-likeness (QED) is 0.327. The van der Waals surface area contributed by atoms with Crippen LogP contribution in [0.15, 0.2) is 6.07 Å². The molecule has 0 aliphatic carbocycles. The van der Waals surface area contributed by atoms with Crippen LogP contribution >= 0.6 is 13.4 Å². The number of hydrogen-bond acceptors (Lipinski definition) is 6. The molecule has 1 rings (SSSR count). The van der Waals surface area contributed by atoms with Crippen molar-refractivity contribution in [3.05, 3.63) is 11.8 Å². The minimum Gasteiger partial charge on any atom is -0.475 e. The van der Waals surface area contributed by atoms with Crippen LogP contribution in [0, 0.1) is 6.92 Å². The van der Waals surface area contributed by atoms with E-state index in [0.29, 0.717) is 11.9 Å². The van der Waals surface area contributed by atoms with Gasteiger partial charge in [-0.25, -0.2) is 4.98 Å². The molecular weight excluding hydrogens is 474 g/mol. The van der Waals surface area contributed by atoms with Gasteiger partial charge < -0.3 is 38.8 Å². The molecule has 0 aromatic carbocycles. The average molecular weight is 513 g/mol. The summed E-state index contributed by atoms with van der Waals surface area (Å²) in [5.41, 5.74) is 0.844. The van der Waals surface area contributed by atoms with E-state index >= 15 is 0 Å². The monoisotopic (exact) mass is 512 g/mol. The van der Waals surface area contributed by atoms with Crippen molar-refractivity contribution in [3.63, 3.8) is 0 Å². The van der Waals surface area contributed by atoms with Crippen LogP contribution in [0.2, 0.25) is 0 Å².